The van der Waals surface area contributed by atoms with Crippen LogP contribution in [0.1, 0.15) is 0 Å². The normalized spacial score (nSPS) is 27.5. The van der Waals surface area contributed by atoms with E-state index in [9.17, 15) is 20.4 Å². The van der Waals surface area contributed by atoms with Crippen molar-refractivity contribution in [3.05, 3.63) is 51.5 Å². The van der Waals surface area contributed by atoms with Gasteiger partial charge >= 0.3 is 0 Å². The maximum absolute atomic E-state index is 10.2. The van der Waals surface area contributed by atoms with Gasteiger partial charge in [0.1, 0.15) is 30.2 Å². The SMILES string of the molecule is OC[C@H]1O[C@@H](Oc2cc(Cl)ccc2Oc2ccc(Cl)cc2Cl)[C@H](O)[C@H](O)[C@@H]1O. The number of ether oxygens (including phenoxy) is 3. The Kier molecular flexibility index (Phi) is 6.90. The Morgan fingerprint density at radius 3 is 2.11 bits per heavy atom. The highest BCUT2D eigenvalue weighted by Crippen LogP contribution is 2.39. The van der Waals surface area contributed by atoms with Gasteiger partial charge in [0.05, 0.1) is 11.6 Å². The molecule has 1 aliphatic rings. The molecule has 1 fully saturated rings. The maximum Gasteiger partial charge on any atom is 0.229 e. The first-order chi connectivity index (χ1) is 13.3. The lowest BCUT2D eigenvalue weighted by atomic mass is 9.99. The molecule has 0 aliphatic carbocycles. The summed E-state index contributed by atoms with van der Waals surface area (Å²) < 4.78 is 16.7. The zero-order chi connectivity index (χ0) is 20.4. The van der Waals surface area contributed by atoms with Crippen molar-refractivity contribution in [3.8, 4) is 17.2 Å². The highest BCUT2D eigenvalue weighted by atomic mass is 35.5. The molecule has 1 aliphatic heterocycles. The van der Waals surface area contributed by atoms with E-state index in [1.54, 1.807) is 18.2 Å². The smallest absolute Gasteiger partial charge is 0.229 e. The van der Waals surface area contributed by atoms with E-state index in [1.165, 1.54) is 18.2 Å². The van der Waals surface area contributed by atoms with Crippen molar-refractivity contribution in [2.24, 2.45) is 0 Å². The van der Waals surface area contributed by atoms with E-state index in [-0.39, 0.29) is 16.5 Å². The average molecular weight is 452 g/mol. The Morgan fingerprint density at radius 1 is 0.821 bits per heavy atom. The molecule has 2 aromatic rings. The summed E-state index contributed by atoms with van der Waals surface area (Å²) in [6.07, 6.45) is -7.16. The number of hydrogen-bond acceptors (Lipinski definition) is 7. The fraction of sp³-hybridized carbons (Fsp3) is 0.333. The molecule has 7 nitrogen and oxygen atoms in total. The first-order valence-corrected chi connectivity index (χ1v) is 9.33. The van der Waals surface area contributed by atoms with Gasteiger partial charge in [0.2, 0.25) is 6.29 Å². The van der Waals surface area contributed by atoms with E-state index < -0.39 is 37.3 Å². The van der Waals surface area contributed by atoms with E-state index in [0.717, 1.165) is 0 Å². The predicted octanol–water partition coefficient (Wildman–Crippen LogP) is 2.62. The molecule has 1 heterocycles. The van der Waals surface area contributed by atoms with Crippen LogP contribution in [0.15, 0.2) is 36.4 Å². The minimum absolute atomic E-state index is 0.0860. The highest BCUT2D eigenvalue weighted by Gasteiger charge is 2.45. The Bertz CT molecular complexity index is 833. The lowest BCUT2D eigenvalue weighted by molar-refractivity contribution is -0.277. The van der Waals surface area contributed by atoms with E-state index in [4.69, 9.17) is 49.0 Å². The Labute approximate surface area is 175 Å². The third-order valence-electron chi connectivity index (χ3n) is 4.11. The summed E-state index contributed by atoms with van der Waals surface area (Å²) in [6.45, 7) is -0.579. The van der Waals surface area contributed by atoms with E-state index in [1.807, 2.05) is 0 Å². The molecule has 0 spiro atoms. The van der Waals surface area contributed by atoms with E-state index in [0.29, 0.717) is 15.8 Å². The van der Waals surface area contributed by atoms with Gasteiger partial charge in [0.15, 0.2) is 11.5 Å². The maximum atomic E-state index is 10.2. The summed E-state index contributed by atoms with van der Waals surface area (Å²) in [5, 5.41) is 40.2. The molecule has 0 amide bonds. The molecular formula is C18H17Cl3O7. The quantitative estimate of drug-likeness (QED) is 0.553. The summed E-state index contributed by atoms with van der Waals surface area (Å²) in [7, 11) is 0. The molecule has 0 aromatic heterocycles. The lowest BCUT2D eigenvalue weighted by Gasteiger charge is -2.39. The number of aliphatic hydroxyl groups is 4. The van der Waals surface area contributed by atoms with Gasteiger partial charge < -0.3 is 34.6 Å². The second kappa shape index (κ2) is 9.02. The lowest BCUT2D eigenvalue weighted by Crippen LogP contribution is -2.60. The standard InChI is InChI=1S/C18H17Cl3O7/c19-8-1-3-11(10(21)5-8)26-12-4-2-9(20)6-13(12)27-18-17(25)16(24)15(23)14(7-22)28-18/h1-6,14-18,22-25H,7H2/t14-,15-,16-,17-,18-/m1/s1. The summed E-state index contributed by atoms with van der Waals surface area (Å²) in [6, 6.07) is 9.16. The molecule has 152 valence electrons. The van der Waals surface area contributed by atoms with Crippen LogP contribution in [0.4, 0.5) is 0 Å². The van der Waals surface area contributed by atoms with Crippen LogP contribution in [0, 0.1) is 0 Å². The molecule has 0 saturated carbocycles. The second-order valence-corrected chi connectivity index (χ2v) is 7.36. The molecule has 28 heavy (non-hydrogen) atoms. The van der Waals surface area contributed by atoms with Gasteiger partial charge in [-0.2, -0.15) is 0 Å². The fourth-order valence-corrected chi connectivity index (χ4v) is 3.23. The molecule has 2 aromatic carbocycles. The van der Waals surface area contributed by atoms with Crippen molar-refractivity contribution < 1.29 is 34.6 Å². The van der Waals surface area contributed by atoms with Crippen LogP contribution in [0.2, 0.25) is 15.1 Å². The molecule has 1 saturated heterocycles. The van der Waals surface area contributed by atoms with Crippen molar-refractivity contribution in [2.75, 3.05) is 6.61 Å². The van der Waals surface area contributed by atoms with Crippen LogP contribution in [-0.2, 0) is 4.74 Å². The van der Waals surface area contributed by atoms with Gasteiger partial charge in [0, 0.05) is 16.1 Å². The van der Waals surface area contributed by atoms with Crippen LogP contribution in [0.25, 0.3) is 0 Å². The molecule has 0 unspecified atom stereocenters. The molecule has 0 bridgehead atoms. The number of hydrogen-bond donors (Lipinski definition) is 4. The Hall–Kier alpha value is -1.29. The highest BCUT2D eigenvalue weighted by molar-refractivity contribution is 6.35. The molecule has 4 N–H and O–H groups in total. The molecular weight excluding hydrogens is 435 g/mol. The number of halogens is 3. The largest absolute Gasteiger partial charge is 0.458 e. The van der Waals surface area contributed by atoms with Gasteiger partial charge in [-0.05, 0) is 30.3 Å². The van der Waals surface area contributed by atoms with Crippen molar-refractivity contribution in [3.63, 3.8) is 0 Å². The van der Waals surface area contributed by atoms with Crippen LogP contribution < -0.4 is 9.47 Å². The van der Waals surface area contributed by atoms with Crippen molar-refractivity contribution in [1.29, 1.82) is 0 Å². The summed E-state index contributed by atoms with van der Waals surface area (Å²) >= 11 is 18.0. The number of rotatable bonds is 5. The molecule has 10 heteroatoms. The van der Waals surface area contributed by atoms with Gasteiger partial charge in [0.25, 0.3) is 0 Å². The van der Waals surface area contributed by atoms with Crippen molar-refractivity contribution in [1.82, 2.24) is 0 Å². The molecule has 3 rings (SSSR count). The van der Waals surface area contributed by atoms with Crippen LogP contribution in [0.5, 0.6) is 17.2 Å². The van der Waals surface area contributed by atoms with Gasteiger partial charge in [-0.3, -0.25) is 0 Å². The molecule has 5 atom stereocenters. The van der Waals surface area contributed by atoms with Gasteiger partial charge in [-0.15, -0.1) is 0 Å². The summed E-state index contributed by atoms with van der Waals surface area (Å²) in [5.41, 5.74) is 0. The monoisotopic (exact) mass is 450 g/mol. The number of benzene rings is 2. The number of aliphatic hydroxyl groups excluding tert-OH is 4. The average Bonchev–Trinajstić information content (AvgIpc) is 2.66. The van der Waals surface area contributed by atoms with Crippen molar-refractivity contribution >= 4 is 34.8 Å². The van der Waals surface area contributed by atoms with Crippen LogP contribution >= 0.6 is 34.8 Å². The zero-order valence-corrected chi connectivity index (χ0v) is 16.5. The Balaban J connectivity index is 1.86. The third kappa shape index (κ3) is 4.64. The molecule has 0 radical (unpaired) electrons. The van der Waals surface area contributed by atoms with Crippen LogP contribution in [-0.4, -0.2) is 57.7 Å². The van der Waals surface area contributed by atoms with Crippen molar-refractivity contribution in [2.45, 2.75) is 30.7 Å². The first kappa shape index (κ1) is 21.4. The summed E-state index contributed by atoms with van der Waals surface area (Å²) in [4.78, 5) is 0. The predicted molar refractivity (Wildman–Crippen MR) is 102 cm³/mol. The van der Waals surface area contributed by atoms with Gasteiger partial charge in [-0.1, -0.05) is 34.8 Å². The van der Waals surface area contributed by atoms with Crippen LogP contribution in [0.3, 0.4) is 0 Å². The topological polar surface area (TPSA) is 109 Å². The fourth-order valence-electron chi connectivity index (χ4n) is 2.62. The van der Waals surface area contributed by atoms with Gasteiger partial charge in [-0.25, -0.2) is 0 Å². The van der Waals surface area contributed by atoms with E-state index in [2.05, 4.69) is 0 Å². The van der Waals surface area contributed by atoms with E-state index >= 15 is 0 Å². The first-order valence-electron chi connectivity index (χ1n) is 8.19. The zero-order valence-electron chi connectivity index (χ0n) is 14.2. The third-order valence-corrected chi connectivity index (χ3v) is 4.88. The minimum Gasteiger partial charge on any atom is -0.458 e. The second-order valence-electron chi connectivity index (χ2n) is 6.08. The Morgan fingerprint density at radius 2 is 1.46 bits per heavy atom. The summed E-state index contributed by atoms with van der Waals surface area (Å²) in [5.74, 6) is 0.584. The minimum atomic E-state index is -1.58.